The Morgan fingerprint density at radius 2 is 0.622 bits per heavy atom. The number of rotatable bonds is 50. The van der Waals surface area contributed by atoms with Crippen molar-refractivity contribution in [1.82, 2.24) is 20.4 Å². The van der Waals surface area contributed by atoms with E-state index < -0.39 is 23.9 Å². The zero-order chi connectivity index (χ0) is 54.3. The number of carbonyl (C=O) groups is 8. The normalized spacial score (nSPS) is 14.5. The monoisotopic (exact) mass is 1080 g/mol. The third-order valence-corrected chi connectivity index (χ3v) is 14.7. The number of piperazine rings is 1. The lowest BCUT2D eigenvalue weighted by Gasteiger charge is -2.29. The van der Waals surface area contributed by atoms with Crippen LogP contribution in [0.15, 0.2) is 0 Å². The Labute approximate surface area is 454 Å². The van der Waals surface area contributed by atoms with Crippen molar-refractivity contribution in [2.75, 3.05) is 77.2 Å². The van der Waals surface area contributed by atoms with Crippen molar-refractivity contribution in [3.05, 3.63) is 0 Å². The van der Waals surface area contributed by atoms with E-state index in [9.17, 15) is 38.4 Å². The average Bonchev–Trinajstić information content (AvgIpc) is 3.37. The van der Waals surface area contributed by atoms with Gasteiger partial charge in [0.15, 0.2) is 10.2 Å². The van der Waals surface area contributed by atoms with Crippen molar-refractivity contribution < 1.29 is 57.3 Å². The summed E-state index contributed by atoms with van der Waals surface area (Å²) in [5.41, 5.74) is 0. The van der Waals surface area contributed by atoms with E-state index in [2.05, 4.69) is 38.3 Å². The lowest BCUT2D eigenvalue weighted by Crippen LogP contribution is -2.62. The summed E-state index contributed by atoms with van der Waals surface area (Å²) in [6.07, 6.45) is 26.1. The molecular weight excluding hydrogens is 985 g/mol. The van der Waals surface area contributed by atoms with Crippen molar-refractivity contribution in [2.24, 2.45) is 0 Å². The molecule has 2 unspecified atom stereocenters. The van der Waals surface area contributed by atoms with Gasteiger partial charge in [-0.1, -0.05) is 180 Å². The fourth-order valence-corrected chi connectivity index (χ4v) is 9.95. The van der Waals surface area contributed by atoms with E-state index in [1.165, 1.54) is 77.0 Å². The van der Waals surface area contributed by atoms with Gasteiger partial charge in [0, 0.05) is 63.6 Å². The molecule has 0 aliphatic carbocycles. The van der Waals surface area contributed by atoms with Crippen LogP contribution in [-0.2, 0) is 57.3 Å². The molecule has 428 valence electrons. The first-order valence-corrected chi connectivity index (χ1v) is 30.9. The van der Waals surface area contributed by atoms with Crippen LogP contribution in [0.1, 0.15) is 220 Å². The van der Waals surface area contributed by atoms with Crippen LogP contribution >= 0.6 is 23.5 Å². The van der Waals surface area contributed by atoms with Gasteiger partial charge >= 0.3 is 23.9 Å². The van der Waals surface area contributed by atoms with Crippen LogP contribution in [0.2, 0.25) is 0 Å². The first-order valence-electron chi connectivity index (χ1n) is 28.9. The number of amides is 2. The molecule has 2 N–H and O–H groups in total. The van der Waals surface area contributed by atoms with Crippen molar-refractivity contribution in [1.29, 1.82) is 0 Å². The molecule has 2 amide bonds. The molecule has 18 heteroatoms. The van der Waals surface area contributed by atoms with Gasteiger partial charge in [-0.3, -0.25) is 38.4 Å². The van der Waals surface area contributed by atoms with E-state index in [4.69, 9.17) is 18.9 Å². The third kappa shape index (κ3) is 40.1. The van der Waals surface area contributed by atoms with Gasteiger partial charge < -0.3 is 39.4 Å². The number of esters is 4. The second kappa shape index (κ2) is 48.2. The number of nitrogens with zero attached hydrogens (tertiary/aromatic N) is 2. The lowest BCUT2D eigenvalue weighted by atomic mass is 10.1. The maximum absolute atomic E-state index is 13.1. The van der Waals surface area contributed by atoms with Gasteiger partial charge in [0.2, 0.25) is 11.8 Å². The van der Waals surface area contributed by atoms with Crippen LogP contribution in [0.5, 0.6) is 0 Å². The van der Waals surface area contributed by atoms with Crippen LogP contribution in [0.3, 0.4) is 0 Å². The molecule has 1 heterocycles. The van der Waals surface area contributed by atoms with Crippen LogP contribution in [0.25, 0.3) is 0 Å². The zero-order valence-electron chi connectivity index (χ0n) is 46.5. The van der Waals surface area contributed by atoms with E-state index in [-0.39, 0.29) is 72.6 Å². The maximum Gasteiger partial charge on any atom is 0.307 e. The van der Waals surface area contributed by atoms with Crippen LogP contribution in [0.4, 0.5) is 0 Å². The van der Waals surface area contributed by atoms with E-state index >= 15 is 0 Å². The molecule has 1 saturated heterocycles. The van der Waals surface area contributed by atoms with Crippen LogP contribution < -0.4 is 10.6 Å². The largest absolute Gasteiger partial charge is 0.466 e. The number of thioether (sulfide) groups is 2. The van der Waals surface area contributed by atoms with Crippen molar-refractivity contribution >= 4 is 69.4 Å². The number of carbonyl (C=O) groups excluding carboxylic acids is 8. The first-order chi connectivity index (χ1) is 35.9. The van der Waals surface area contributed by atoms with Crippen LogP contribution in [0, 0.1) is 0 Å². The summed E-state index contributed by atoms with van der Waals surface area (Å²) in [6, 6.07) is -2.19. The topological polar surface area (TPSA) is 204 Å². The van der Waals surface area contributed by atoms with Crippen LogP contribution in [-0.4, -0.2) is 145 Å². The highest BCUT2D eigenvalue weighted by molar-refractivity contribution is 8.13. The lowest BCUT2D eigenvalue weighted by molar-refractivity contribution is -0.146. The summed E-state index contributed by atoms with van der Waals surface area (Å²) in [7, 11) is 0. The van der Waals surface area contributed by atoms with E-state index in [1.807, 2.05) is 9.80 Å². The molecule has 2 atom stereocenters. The molecule has 0 spiro atoms. The minimum atomic E-state index is -1.09. The molecule has 1 aliphatic rings. The maximum atomic E-state index is 13.1. The van der Waals surface area contributed by atoms with Gasteiger partial charge in [-0.05, 0) is 25.7 Å². The molecular formula is C56H100N4O12S2. The molecule has 0 aromatic carbocycles. The highest BCUT2D eigenvalue weighted by Gasteiger charge is 2.36. The summed E-state index contributed by atoms with van der Waals surface area (Å²) >= 11 is 2.02. The molecule has 16 nitrogen and oxygen atoms in total. The molecule has 74 heavy (non-hydrogen) atoms. The van der Waals surface area contributed by atoms with Gasteiger partial charge in [-0.15, -0.1) is 0 Å². The highest BCUT2D eigenvalue weighted by Crippen LogP contribution is 2.16. The van der Waals surface area contributed by atoms with E-state index in [0.717, 1.165) is 101 Å². The van der Waals surface area contributed by atoms with E-state index in [1.54, 1.807) is 0 Å². The molecule has 1 fully saturated rings. The minimum absolute atomic E-state index is 0.144. The van der Waals surface area contributed by atoms with Gasteiger partial charge in [-0.25, -0.2) is 0 Å². The fourth-order valence-electron chi connectivity index (χ4n) is 8.22. The van der Waals surface area contributed by atoms with Crippen molar-refractivity contribution in [3.63, 3.8) is 0 Å². The summed E-state index contributed by atoms with van der Waals surface area (Å²) in [6.45, 7) is 12.4. The van der Waals surface area contributed by atoms with E-state index in [0.29, 0.717) is 77.2 Å². The predicted octanol–water partition coefficient (Wildman–Crippen LogP) is 10.0. The summed E-state index contributed by atoms with van der Waals surface area (Å²) in [5.74, 6) is -1.68. The Morgan fingerprint density at radius 1 is 0.378 bits per heavy atom. The zero-order valence-corrected chi connectivity index (χ0v) is 48.1. The number of hydrogen-bond acceptors (Lipinski definition) is 16. The second-order valence-corrected chi connectivity index (χ2v) is 21.9. The average molecular weight is 1090 g/mol. The highest BCUT2D eigenvalue weighted by atomic mass is 32.2. The van der Waals surface area contributed by atoms with Gasteiger partial charge in [0.1, 0.15) is 12.1 Å². The third-order valence-electron chi connectivity index (χ3n) is 12.9. The quantitative estimate of drug-likeness (QED) is 0.0330. The molecule has 0 aromatic heterocycles. The number of unbranched alkanes of at least 4 members (excludes halogenated alkanes) is 20. The number of ether oxygens (including phenoxy) is 4. The Balaban J connectivity index is 2.63. The number of nitrogens with one attached hydrogen (secondary N) is 2. The van der Waals surface area contributed by atoms with Crippen molar-refractivity contribution in [2.45, 2.75) is 232 Å². The summed E-state index contributed by atoms with van der Waals surface area (Å²) in [4.78, 5) is 107. The Kier molecular flexibility index (Phi) is 44.8. The molecule has 0 aromatic rings. The fraction of sp³-hybridized carbons (Fsp3) is 0.857. The van der Waals surface area contributed by atoms with Crippen molar-refractivity contribution in [3.8, 4) is 0 Å². The number of hydrogen-bond donors (Lipinski definition) is 2. The second-order valence-electron chi connectivity index (χ2n) is 19.6. The molecule has 0 radical (unpaired) electrons. The Bertz CT molecular complexity index is 1360. The first kappa shape index (κ1) is 68.8. The SMILES string of the molecule is CCCCCCCCOC(=O)CCN(CCSC(=O)CC1NC(=O)C(CC(=O)SCCN(CCC(=O)OCCCCCCCC)CCC(=O)OCCCCCCCC)NC1=O)CCC(=O)OCCCCCCCC. The summed E-state index contributed by atoms with van der Waals surface area (Å²) < 4.78 is 21.8. The van der Waals surface area contributed by atoms with Gasteiger partial charge in [0.05, 0.1) is 52.1 Å². The minimum Gasteiger partial charge on any atom is -0.466 e. The smallest absolute Gasteiger partial charge is 0.307 e. The standard InChI is InChI=1S/C56H100N4O12S2/c1-5-9-13-17-21-25-39-69-49(61)29-33-59(34-30-50(62)70-40-26-22-18-14-10-6-2)37-43-73-53(65)45-47-55(67)58-48(56(68)57-47)46-54(66)74-44-38-60(35-31-51(63)71-41-27-23-19-15-11-7-3)36-32-52(64)72-42-28-24-20-16-12-8-4/h47-48H,5-46H2,1-4H3,(H,57,68)(H,58,67). The molecule has 0 saturated carbocycles. The van der Waals surface area contributed by atoms with Gasteiger partial charge in [-0.2, -0.15) is 0 Å². The predicted molar refractivity (Wildman–Crippen MR) is 297 cm³/mol. The Hall–Kier alpha value is -3.22. The molecule has 1 rings (SSSR count). The molecule has 1 aliphatic heterocycles. The van der Waals surface area contributed by atoms with Gasteiger partial charge in [0.25, 0.3) is 0 Å². The molecule has 0 bridgehead atoms. The Morgan fingerprint density at radius 3 is 0.878 bits per heavy atom. The summed E-state index contributed by atoms with van der Waals surface area (Å²) in [5, 5.41) is 4.61.